The Morgan fingerprint density at radius 2 is 1.78 bits per heavy atom. The van der Waals surface area contributed by atoms with Gasteiger partial charge in [-0.05, 0) is 49.7 Å². The molecule has 27 heavy (non-hydrogen) atoms. The summed E-state index contributed by atoms with van der Waals surface area (Å²) in [5, 5.41) is 11.1. The average molecular weight is 388 g/mol. The lowest BCUT2D eigenvalue weighted by atomic mass is 10.1. The van der Waals surface area contributed by atoms with E-state index in [-0.39, 0.29) is 17.9 Å². The zero-order valence-electron chi connectivity index (χ0n) is 14.1. The van der Waals surface area contributed by atoms with Gasteiger partial charge in [0, 0.05) is 5.56 Å². The molecule has 11 heteroatoms. The van der Waals surface area contributed by atoms with Crippen molar-refractivity contribution in [2.45, 2.75) is 26.3 Å². The molecule has 3 aromatic rings. The van der Waals surface area contributed by atoms with Crippen molar-refractivity contribution in [2.75, 3.05) is 6.61 Å². The number of hydrogen-bond acceptors (Lipinski definition) is 5. The molecule has 0 radical (unpaired) electrons. The van der Waals surface area contributed by atoms with Gasteiger partial charge in [-0.15, -0.1) is 23.4 Å². The van der Waals surface area contributed by atoms with Gasteiger partial charge in [0.1, 0.15) is 5.75 Å². The molecule has 0 N–H and O–H groups in total. The number of ether oxygens (including phenoxy) is 2. The van der Waals surface area contributed by atoms with E-state index in [9.17, 15) is 22.0 Å². The molecule has 0 aliphatic carbocycles. The van der Waals surface area contributed by atoms with E-state index in [4.69, 9.17) is 0 Å². The average Bonchev–Trinajstić information content (AvgIpc) is 2.97. The van der Waals surface area contributed by atoms with Crippen LogP contribution in [0, 0.1) is 6.92 Å². The van der Waals surface area contributed by atoms with Gasteiger partial charge in [0.2, 0.25) is 0 Å². The molecule has 0 unspecified atom stereocenters. The predicted octanol–water partition coefficient (Wildman–Crippen LogP) is 4.08. The summed E-state index contributed by atoms with van der Waals surface area (Å²) in [5.74, 6) is -1.19. The van der Waals surface area contributed by atoms with Gasteiger partial charge in [-0.25, -0.2) is 0 Å². The van der Waals surface area contributed by atoms with Gasteiger partial charge in [-0.1, -0.05) is 0 Å². The number of benzene rings is 1. The van der Waals surface area contributed by atoms with E-state index in [1.54, 1.807) is 6.92 Å². The summed E-state index contributed by atoms with van der Waals surface area (Å²) in [6, 6.07) is 6.56. The molecule has 144 valence electrons. The molecule has 1 aromatic carbocycles. The van der Waals surface area contributed by atoms with E-state index in [2.05, 4.69) is 24.8 Å². The zero-order chi connectivity index (χ0) is 19.8. The fraction of sp³-hybridized carbons (Fsp3) is 0.312. The van der Waals surface area contributed by atoms with E-state index in [0.717, 1.165) is 10.6 Å². The fourth-order valence-corrected chi connectivity index (χ4v) is 2.48. The standard InChI is InChI=1S/C16H13F5N4O2/c1-3-26-15(17,18)14-23-22-13-7-6-12(24-25(13)14)11-5-4-10(8-9(11)2)27-16(19,20)21/h4-8H,3H2,1-2H3. The van der Waals surface area contributed by atoms with Crippen LogP contribution >= 0.6 is 0 Å². The van der Waals surface area contributed by atoms with E-state index in [1.165, 1.54) is 31.2 Å². The van der Waals surface area contributed by atoms with E-state index >= 15 is 0 Å². The van der Waals surface area contributed by atoms with Crippen molar-refractivity contribution < 1.29 is 31.4 Å². The van der Waals surface area contributed by atoms with Gasteiger partial charge in [0.15, 0.2) is 5.65 Å². The van der Waals surface area contributed by atoms with E-state index < -0.39 is 24.0 Å². The van der Waals surface area contributed by atoms with Crippen molar-refractivity contribution in [3.63, 3.8) is 0 Å². The van der Waals surface area contributed by atoms with Crippen LogP contribution in [0.1, 0.15) is 18.3 Å². The minimum absolute atomic E-state index is 0.0720. The molecule has 0 amide bonds. The SMILES string of the molecule is CCOC(F)(F)c1nnc2ccc(-c3ccc(OC(F)(F)F)cc3C)nn12. The normalized spacial score (nSPS) is 12.6. The third-order valence-electron chi connectivity index (χ3n) is 3.56. The van der Waals surface area contributed by atoms with Crippen molar-refractivity contribution in [3.8, 4) is 17.0 Å². The lowest BCUT2D eigenvalue weighted by Crippen LogP contribution is -2.22. The topological polar surface area (TPSA) is 61.5 Å². The quantitative estimate of drug-likeness (QED) is 0.617. The lowest BCUT2D eigenvalue weighted by molar-refractivity contribution is -0.274. The van der Waals surface area contributed by atoms with Crippen LogP contribution in [-0.2, 0) is 10.8 Å². The molecule has 3 rings (SSSR count). The Kier molecular flexibility index (Phi) is 4.72. The van der Waals surface area contributed by atoms with Crippen LogP contribution in [0.25, 0.3) is 16.9 Å². The third kappa shape index (κ3) is 3.97. The number of aromatic nitrogens is 4. The monoisotopic (exact) mass is 388 g/mol. The summed E-state index contributed by atoms with van der Waals surface area (Å²) in [5.41, 5.74) is 1.16. The van der Waals surface area contributed by atoms with Gasteiger partial charge < -0.3 is 9.47 Å². The van der Waals surface area contributed by atoms with Gasteiger partial charge in [-0.3, -0.25) is 0 Å². The Bertz CT molecular complexity index is 971. The highest BCUT2D eigenvalue weighted by Gasteiger charge is 2.39. The van der Waals surface area contributed by atoms with Crippen molar-refractivity contribution >= 4 is 5.65 Å². The van der Waals surface area contributed by atoms with E-state index in [1.807, 2.05) is 0 Å². The second-order valence-electron chi connectivity index (χ2n) is 5.49. The minimum atomic E-state index is -4.81. The van der Waals surface area contributed by atoms with Gasteiger partial charge in [0.05, 0.1) is 12.3 Å². The Labute approximate surface area is 149 Å². The molecule has 0 aliphatic rings. The highest BCUT2D eigenvalue weighted by molar-refractivity contribution is 5.65. The first-order valence-corrected chi connectivity index (χ1v) is 7.72. The number of nitrogens with zero attached hydrogens (tertiary/aromatic N) is 4. The van der Waals surface area contributed by atoms with Gasteiger partial charge in [-0.2, -0.15) is 18.4 Å². The van der Waals surface area contributed by atoms with Crippen molar-refractivity contribution in [1.29, 1.82) is 0 Å². The predicted molar refractivity (Wildman–Crippen MR) is 83.2 cm³/mol. The molecular weight excluding hydrogens is 375 g/mol. The summed E-state index contributed by atoms with van der Waals surface area (Å²) in [7, 11) is 0. The first-order valence-electron chi connectivity index (χ1n) is 7.72. The second-order valence-corrected chi connectivity index (χ2v) is 5.49. The number of hydrogen-bond donors (Lipinski definition) is 0. The molecule has 0 atom stereocenters. The summed E-state index contributed by atoms with van der Waals surface area (Å²) < 4.78 is 74.1. The van der Waals surface area contributed by atoms with Crippen LogP contribution in [-0.4, -0.2) is 32.8 Å². The molecule has 0 aliphatic heterocycles. The van der Waals surface area contributed by atoms with Crippen LogP contribution in [0.2, 0.25) is 0 Å². The maximum absolute atomic E-state index is 14.0. The van der Waals surface area contributed by atoms with Crippen molar-refractivity contribution in [1.82, 2.24) is 19.8 Å². The van der Waals surface area contributed by atoms with Crippen LogP contribution < -0.4 is 4.74 Å². The summed E-state index contributed by atoms with van der Waals surface area (Å²) >= 11 is 0. The van der Waals surface area contributed by atoms with Crippen LogP contribution in [0.5, 0.6) is 5.75 Å². The van der Waals surface area contributed by atoms with Crippen molar-refractivity contribution in [3.05, 3.63) is 41.7 Å². The van der Waals surface area contributed by atoms with Crippen molar-refractivity contribution in [2.24, 2.45) is 0 Å². The molecule has 6 nitrogen and oxygen atoms in total. The first-order chi connectivity index (χ1) is 12.6. The Balaban J connectivity index is 2.03. The number of aryl methyl sites for hydroxylation is 1. The highest BCUT2D eigenvalue weighted by Crippen LogP contribution is 2.31. The van der Waals surface area contributed by atoms with Gasteiger partial charge >= 0.3 is 12.5 Å². The first kappa shape index (κ1) is 19.0. The molecule has 0 spiro atoms. The molecule has 0 saturated heterocycles. The maximum atomic E-state index is 14.0. The summed E-state index contributed by atoms with van der Waals surface area (Å²) in [4.78, 5) is 0. The fourth-order valence-electron chi connectivity index (χ4n) is 2.48. The van der Waals surface area contributed by atoms with Crippen LogP contribution in [0.3, 0.4) is 0 Å². The molecule has 2 heterocycles. The largest absolute Gasteiger partial charge is 0.573 e. The molecule has 0 saturated carbocycles. The second kappa shape index (κ2) is 6.72. The minimum Gasteiger partial charge on any atom is -0.406 e. The molecular formula is C16H13F5N4O2. The number of rotatable bonds is 5. The number of alkyl halides is 5. The smallest absolute Gasteiger partial charge is 0.406 e. The Morgan fingerprint density at radius 3 is 2.41 bits per heavy atom. The molecule has 0 bridgehead atoms. The Morgan fingerprint density at radius 1 is 1.04 bits per heavy atom. The van der Waals surface area contributed by atoms with Gasteiger partial charge in [0.25, 0.3) is 5.82 Å². The highest BCUT2D eigenvalue weighted by atomic mass is 19.4. The number of halogens is 5. The maximum Gasteiger partial charge on any atom is 0.573 e. The Hall–Kier alpha value is -2.82. The lowest BCUT2D eigenvalue weighted by Gasteiger charge is -2.14. The zero-order valence-corrected chi connectivity index (χ0v) is 14.1. The number of fused-ring (bicyclic) bond motifs is 1. The molecule has 2 aromatic heterocycles. The summed E-state index contributed by atoms with van der Waals surface area (Å²) in [6.07, 6.45) is -8.51. The van der Waals surface area contributed by atoms with E-state index in [0.29, 0.717) is 11.1 Å². The van der Waals surface area contributed by atoms with Crippen LogP contribution in [0.15, 0.2) is 30.3 Å². The van der Waals surface area contributed by atoms with Crippen LogP contribution in [0.4, 0.5) is 22.0 Å². The third-order valence-corrected chi connectivity index (χ3v) is 3.56. The summed E-state index contributed by atoms with van der Waals surface area (Å²) in [6.45, 7) is 2.71. The molecule has 0 fully saturated rings.